The van der Waals surface area contributed by atoms with Crippen molar-refractivity contribution < 1.29 is 24.2 Å². The van der Waals surface area contributed by atoms with Gasteiger partial charge in [0.1, 0.15) is 11.7 Å². The Balaban J connectivity index is 1.63. The number of carboxylic acids is 1. The molecule has 3 rings (SSSR count). The van der Waals surface area contributed by atoms with E-state index in [1.165, 1.54) is 15.8 Å². The number of carboxylic acid groups (broad SMARTS) is 1. The van der Waals surface area contributed by atoms with Crippen molar-refractivity contribution >= 4 is 17.8 Å². The first-order valence-corrected chi connectivity index (χ1v) is 7.94. The summed E-state index contributed by atoms with van der Waals surface area (Å²) in [7, 11) is 1.57. The summed E-state index contributed by atoms with van der Waals surface area (Å²) in [4.78, 5) is 39.3. The number of piperazine rings is 1. The van der Waals surface area contributed by atoms with Crippen LogP contribution in [0.15, 0.2) is 6.20 Å². The summed E-state index contributed by atoms with van der Waals surface area (Å²) in [6.07, 6.45) is 2.59. The third kappa shape index (κ3) is 3.12. The molecule has 24 heavy (non-hydrogen) atoms. The van der Waals surface area contributed by atoms with Crippen molar-refractivity contribution in [3.63, 3.8) is 0 Å². The smallest absolute Gasteiger partial charge is 0.339 e. The molecule has 9 heteroatoms. The molecule has 2 fully saturated rings. The van der Waals surface area contributed by atoms with Gasteiger partial charge in [0.15, 0.2) is 5.69 Å². The second kappa shape index (κ2) is 6.60. The molecule has 0 unspecified atom stereocenters. The van der Waals surface area contributed by atoms with Crippen LogP contribution in [0, 0.1) is 0 Å². The van der Waals surface area contributed by atoms with Gasteiger partial charge in [-0.15, -0.1) is 0 Å². The summed E-state index contributed by atoms with van der Waals surface area (Å²) in [6, 6.07) is 0. The van der Waals surface area contributed by atoms with Crippen molar-refractivity contribution in [3.8, 4) is 0 Å². The van der Waals surface area contributed by atoms with Crippen LogP contribution in [0.1, 0.15) is 33.7 Å². The van der Waals surface area contributed by atoms with E-state index in [0.717, 1.165) is 12.8 Å². The first-order valence-electron chi connectivity index (χ1n) is 7.94. The normalized spacial score (nSPS) is 21.1. The number of nitrogens with zero attached hydrogens (tertiary/aromatic N) is 4. The van der Waals surface area contributed by atoms with Crippen LogP contribution in [0.5, 0.6) is 0 Å². The van der Waals surface area contributed by atoms with E-state index >= 15 is 0 Å². The number of aromatic nitrogens is 2. The van der Waals surface area contributed by atoms with Gasteiger partial charge in [0.25, 0.3) is 11.8 Å². The van der Waals surface area contributed by atoms with Crippen LogP contribution >= 0.6 is 0 Å². The largest absolute Gasteiger partial charge is 0.478 e. The van der Waals surface area contributed by atoms with Crippen molar-refractivity contribution in [1.82, 2.24) is 19.6 Å². The van der Waals surface area contributed by atoms with Crippen molar-refractivity contribution in [3.05, 3.63) is 17.5 Å². The Bertz CT molecular complexity index is 657. The Kier molecular flexibility index (Phi) is 4.52. The van der Waals surface area contributed by atoms with Crippen LogP contribution in [0.25, 0.3) is 0 Å². The Morgan fingerprint density at radius 2 is 1.88 bits per heavy atom. The van der Waals surface area contributed by atoms with Crippen LogP contribution in [-0.2, 0) is 16.6 Å². The SMILES string of the molecule is Cn1cc(C(=O)O)c(C(=O)N2CCN(C(=O)[C@H]3CCCO3)CC2)n1. The van der Waals surface area contributed by atoms with Crippen LogP contribution < -0.4 is 0 Å². The summed E-state index contributed by atoms with van der Waals surface area (Å²) < 4.78 is 6.72. The summed E-state index contributed by atoms with van der Waals surface area (Å²) in [5.74, 6) is -1.63. The molecule has 1 aromatic rings. The fraction of sp³-hybridized carbons (Fsp3) is 0.600. The van der Waals surface area contributed by atoms with Crippen molar-refractivity contribution in [2.24, 2.45) is 7.05 Å². The van der Waals surface area contributed by atoms with Gasteiger partial charge in [-0.2, -0.15) is 5.10 Å². The molecule has 2 aliphatic rings. The fourth-order valence-corrected chi connectivity index (χ4v) is 3.06. The zero-order valence-electron chi connectivity index (χ0n) is 13.5. The lowest BCUT2D eigenvalue weighted by Crippen LogP contribution is -2.53. The highest BCUT2D eigenvalue weighted by Gasteiger charge is 2.33. The number of hydrogen-bond donors (Lipinski definition) is 1. The van der Waals surface area contributed by atoms with Crippen molar-refractivity contribution in [2.45, 2.75) is 18.9 Å². The van der Waals surface area contributed by atoms with Gasteiger partial charge in [-0.05, 0) is 12.8 Å². The van der Waals surface area contributed by atoms with E-state index in [2.05, 4.69) is 5.10 Å². The van der Waals surface area contributed by atoms with E-state index in [1.807, 2.05) is 0 Å². The number of rotatable bonds is 3. The molecule has 2 saturated heterocycles. The maximum atomic E-state index is 12.5. The molecule has 130 valence electrons. The van der Waals surface area contributed by atoms with Crippen LogP contribution in [0.4, 0.5) is 0 Å². The molecular formula is C15H20N4O5. The number of amides is 2. The lowest BCUT2D eigenvalue weighted by atomic mass is 10.2. The average Bonchev–Trinajstić information content (AvgIpc) is 3.23. The number of aromatic carboxylic acids is 1. The minimum absolute atomic E-state index is 0.0244. The molecule has 3 heterocycles. The number of carbonyl (C=O) groups is 3. The highest BCUT2D eigenvalue weighted by atomic mass is 16.5. The maximum Gasteiger partial charge on any atom is 0.339 e. The molecule has 0 aliphatic carbocycles. The van der Waals surface area contributed by atoms with Gasteiger partial charge in [-0.25, -0.2) is 4.79 Å². The molecule has 0 bridgehead atoms. The van der Waals surface area contributed by atoms with Gasteiger partial charge in [0, 0.05) is 46.0 Å². The van der Waals surface area contributed by atoms with Crippen molar-refractivity contribution in [2.75, 3.05) is 32.8 Å². The van der Waals surface area contributed by atoms with Gasteiger partial charge in [0.2, 0.25) is 0 Å². The molecule has 0 aromatic carbocycles. The molecule has 0 radical (unpaired) electrons. The molecule has 1 atom stereocenters. The van der Waals surface area contributed by atoms with Gasteiger partial charge in [-0.3, -0.25) is 14.3 Å². The van der Waals surface area contributed by atoms with Gasteiger partial charge in [-0.1, -0.05) is 0 Å². The van der Waals surface area contributed by atoms with E-state index in [1.54, 1.807) is 11.9 Å². The molecule has 0 saturated carbocycles. The predicted molar refractivity (Wildman–Crippen MR) is 81.6 cm³/mol. The number of carbonyl (C=O) groups excluding carboxylic acids is 2. The molecular weight excluding hydrogens is 316 g/mol. The average molecular weight is 336 g/mol. The molecule has 9 nitrogen and oxygen atoms in total. The predicted octanol–water partition coefficient (Wildman–Crippen LogP) is -0.418. The topological polar surface area (TPSA) is 105 Å². The number of hydrogen-bond acceptors (Lipinski definition) is 5. The minimum atomic E-state index is -1.18. The Labute approximate surface area is 138 Å². The first-order chi connectivity index (χ1) is 11.5. The molecule has 2 aliphatic heterocycles. The first kappa shape index (κ1) is 16.4. The highest BCUT2D eigenvalue weighted by Crippen LogP contribution is 2.17. The fourth-order valence-electron chi connectivity index (χ4n) is 3.06. The summed E-state index contributed by atoms with van der Waals surface area (Å²) in [5.41, 5.74) is -0.177. The third-order valence-electron chi connectivity index (χ3n) is 4.35. The molecule has 1 N–H and O–H groups in total. The second-order valence-corrected chi connectivity index (χ2v) is 5.99. The lowest BCUT2D eigenvalue weighted by molar-refractivity contribution is -0.142. The molecule has 1 aromatic heterocycles. The summed E-state index contributed by atoms with van der Waals surface area (Å²) in [5, 5.41) is 13.1. The molecule has 0 spiro atoms. The lowest BCUT2D eigenvalue weighted by Gasteiger charge is -2.35. The Hall–Kier alpha value is -2.42. The van der Waals surface area contributed by atoms with Crippen molar-refractivity contribution in [1.29, 1.82) is 0 Å². The van der Waals surface area contributed by atoms with E-state index < -0.39 is 11.9 Å². The zero-order chi connectivity index (χ0) is 17.3. The quantitative estimate of drug-likeness (QED) is 0.804. The summed E-state index contributed by atoms with van der Waals surface area (Å²) in [6.45, 7) is 2.16. The molecule has 2 amide bonds. The highest BCUT2D eigenvalue weighted by molar-refractivity contribution is 6.03. The van der Waals surface area contributed by atoms with Gasteiger partial charge < -0.3 is 19.6 Å². The standard InChI is InChI=1S/C15H20N4O5/c1-17-9-10(15(22)23)12(16-17)14(21)19-6-4-18(5-7-19)13(20)11-3-2-8-24-11/h9,11H,2-8H2,1H3,(H,22,23)/t11-/m1/s1. The van der Waals surface area contributed by atoms with E-state index in [9.17, 15) is 19.5 Å². The van der Waals surface area contributed by atoms with E-state index in [4.69, 9.17) is 4.74 Å². The third-order valence-corrected chi connectivity index (χ3v) is 4.35. The van der Waals surface area contributed by atoms with E-state index in [-0.39, 0.29) is 23.3 Å². The number of aryl methyl sites for hydroxylation is 1. The van der Waals surface area contributed by atoms with Gasteiger partial charge >= 0.3 is 5.97 Å². The second-order valence-electron chi connectivity index (χ2n) is 5.99. The summed E-state index contributed by atoms with van der Waals surface area (Å²) >= 11 is 0. The number of ether oxygens (including phenoxy) is 1. The minimum Gasteiger partial charge on any atom is -0.478 e. The van der Waals surface area contributed by atoms with E-state index in [0.29, 0.717) is 32.8 Å². The van der Waals surface area contributed by atoms with Crippen LogP contribution in [0.3, 0.4) is 0 Å². The van der Waals surface area contributed by atoms with Crippen LogP contribution in [-0.4, -0.2) is 81.4 Å². The maximum absolute atomic E-state index is 12.5. The van der Waals surface area contributed by atoms with Crippen LogP contribution in [0.2, 0.25) is 0 Å². The Morgan fingerprint density at radius 1 is 1.21 bits per heavy atom. The van der Waals surface area contributed by atoms with Gasteiger partial charge in [0.05, 0.1) is 0 Å². The monoisotopic (exact) mass is 336 g/mol. The zero-order valence-corrected chi connectivity index (χ0v) is 13.5. The Morgan fingerprint density at radius 3 is 2.46 bits per heavy atom.